The van der Waals surface area contributed by atoms with Crippen LogP contribution in [0.2, 0.25) is 0 Å². The highest BCUT2D eigenvalue weighted by Crippen LogP contribution is 2.09. The normalized spacial score (nSPS) is 10.2. The van der Waals surface area contributed by atoms with Crippen LogP contribution in [0.5, 0.6) is 0 Å². The van der Waals surface area contributed by atoms with Gasteiger partial charge in [-0.25, -0.2) is 4.79 Å². The SMILES string of the molecule is Cc1noc(COC(=O)c2ccc(I)cc2)n1. The first kappa shape index (κ1) is 12.0. The van der Waals surface area contributed by atoms with Gasteiger partial charge in [0.15, 0.2) is 12.4 Å². The second kappa shape index (κ2) is 5.26. The summed E-state index contributed by atoms with van der Waals surface area (Å²) in [6, 6.07) is 7.11. The van der Waals surface area contributed by atoms with Crippen LogP contribution in [0, 0.1) is 10.5 Å². The molecule has 0 fully saturated rings. The molecule has 6 heteroatoms. The van der Waals surface area contributed by atoms with Crippen LogP contribution in [0.1, 0.15) is 22.1 Å². The number of aromatic nitrogens is 2. The number of carbonyl (C=O) groups excluding carboxylic acids is 1. The zero-order valence-corrected chi connectivity index (χ0v) is 11.2. The highest BCUT2D eigenvalue weighted by Gasteiger charge is 2.09. The topological polar surface area (TPSA) is 65.2 Å². The van der Waals surface area contributed by atoms with Gasteiger partial charge in [0, 0.05) is 3.57 Å². The number of hydrogen-bond acceptors (Lipinski definition) is 5. The van der Waals surface area contributed by atoms with Gasteiger partial charge in [-0.15, -0.1) is 0 Å². The Bertz CT molecular complexity index is 522. The number of ether oxygens (including phenoxy) is 1. The Morgan fingerprint density at radius 2 is 2.12 bits per heavy atom. The van der Waals surface area contributed by atoms with Gasteiger partial charge in [0.2, 0.25) is 0 Å². The van der Waals surface area contributed by atoms with Gasteiger partial charge < -0.3 is 9.26 Å². The largest absolute Gasteiger partial charge is 0.452 e. The summed E-state index contributed by atoms with van der Waals surface area (Å²) >= 11 is 2.17. The van der Waals surface area contributed by atoms with E-state index in [-0.39, 0.29) is 6.61 Å². The van der Waals surface area contributed by atoms with Gasteiger partial charge in [0.25, 0.3) is 5.89 Å². The molecular weight excluding hydrogens is 335 g/mol. The minimum Gasteiger partial charge on any atom is -0.452 e. The average molecular weight is 344 g/mol. The van der Waals surface area contributed by atoms with Gasteiger partial charge in [0.05, 0.1) is 5.56 Å². The van der Waals surface area contributed by atoms with Crippen molar-refractivity contribution in [1.29, 1.82) is 0 Å². The summed E-state index contributed by atoms with van der Waals surface area (Å²) in [5, 5.41) is 3.60. The molecule has 0 bridgehead atoms. The molecular formula is C11H9IN2O3. The standard InChI is InChI=1S/C11H9IN2O3/c1-7-13-10(17-14-7)6-16-11(15)8-2-4-9(12)5-3-8/h2-5H,6H2,1H3. The summed E-state index contributed by atoms with van der Waals surface area (Å²) in [5.41, 5.74) is 0.502. The Morgan fingerprint density at radius 3 is 2.71 bits per heavy atom. The first-order chi connectivity index (χ1) is 8.15. The summed E-state index contributed by atoms with van der Waals surface area (Å²) in [4.78, 5) is 15.6. The molecule has 2 rings (SSSR count). The van der Waals surface area contributed by atoms with E-state index in [0.29, 0.717) is 17.3 Å². The predicted octanol–water partition coefficient (Wildman–Crippen LogP) is 2.34. The van der Waals surface area contributed by atoms with Gasteiger partial charge in [-0.3, -0.25) is 0 Å². The van der Waals surface area contributed by atoms with Crippen LogP contribution in [-0.2, 0) is 11.3 Å². The van der Waals surface area contributed by atoms with Crippen LogP contribution in [0.15, 0.2) is 28.8 Å². The molecule has 0 spiro atoms. The molecule has 5 nitrogen and oxygen atoms in total. The summed E-state index contributed by atoms with van der Waals surface area (Å²) in [5.74, 6) is 0.406. The second-order valence-electron chi connectivity index (χ2n) is 3.32. The highest BCUT2D eigenvalue weighted by molar-refractivity contribution is 14.1. The maximum Gasteiger partial charge on any atom is 0.338 e. The van der Waals surface area contributed by atoms with Crippen molar-refractivity contribution in [3.05, 3.63) is 45.1 Å². The Hall–Kier alpha value is -1.44. The third-order valence-corrected chi connectivity index (χ3v) is 2.70. The fraction of sp³-hybridized carbons (Fsp3) is 0.182. The van der Waals surface area contributed by atoms with Crippen LogP contribution in [0.4, 0.5) is 0 Å². The molecule has 0 amide bonds. The molecule has 0 saturated heterocycles. The molecule has 0 aliphatic carbocycles. The van der Waals surface area contributed by atoms with E-state index >= 15 is 0 Å². The summed E-state index contributed by atoms with van der Waals surface area (Å²) in [6.45, 7) is 1.69. The van der Waals surface area contributed by atoms with E-state index < -0.39 is 5.97 Å². The van der Waals surface area contributed by atoms with E-state index in [1.54, 1.807) is 19.1 Å². The number of nitrogens with zero attached hydrogens (tertiary/aromatic N) is 2. The first-order valence-corrected chi connectivity index (χ1v) is 5.95. The van der Waals surface area contributed by atoms with Crippen LogP contribution < -0.4 is 0 Å². The van der Waals surface area contributed by atoms with Crippen molar-refractivity contribution in [3.8, 4) is 0 Å². The minimum atomic E-state index is -0.405. The van der Waals surface area contributed by atoms with Crippen LogP contribution in [-0.4, -0.2) is 16.1 Å². The highest BCUT2D eigenvalue weighted by atomic mass is 127. The zero-order valence-electron chi connectivity index (χ0n) is 9.01. The van der Waals surface area contributed by atoms with Gasteiger partial charge in [-0.2, -0.15) is 4.98 Å². The van der Waals surface area contributed by atoms with Crippen LogP contribution in [0.25, 0.3) is 0 Å². The molecule has 17 heavy (non-hydrogen) atoms. The first-order valence-electron chi connectivity index (χ1n) is 4.87. The molecule has 1 aromatic heterocycles. The maximum atomic E-state index is 11.6. The van der Waals surface area contributed by atoms with E-state index in [4.69, 9.17) is 9.26 Å². The Kier molecular flexibility index (Phi) is 3.72. The lowest BCUT2D eigenvalue weighted by molar-refractivity contribution is 0.0430. The number of aryl methyl sites for hydroxylation is 1. The number of halogens is 1. The van der Waals surface area contributed by atoms with Crippen molar-refractivity contribution in [2.24, 2.45) is 0 Å². The van der Waals surface area contributed by atoms with Crippen molar-refractivity contribution in [2.75, 3.05) is 0 Å². The summed E-state index contributed by atoms with van der Waals surface area (Å²) in [7, 11) is 0. The third kappa shape index (κ3) is 3.26. The van der Waals surface area contributed by atoms with Gasteiger partial charge in [-0.05, 0) is 53.8 Å². The van der Waals surface area contributed by atoms with E-state index in [1.165, 1.54) is 0 Å². The zero-order chi connectivity index (χ0) is 12.3. The Labute approximate surface area is 111 Å². The lowest BCUT2D eigenvalue weighted by Crippen LogP contribution is -2.05. The summed E-state index contributed by atoms with van der Waals surface area (Å²) in [6.07, 6.45) is 0. The van der Waals surface area contributed by atoms with E-state index in [0.717, 1.165) is 3.57 Å². The molecule has 0 atom stereocenters. The third-order valence-electron chi connectivity index (χ3n) is 1.98. The maximum absolute atomic E-state index is 11.6. The second-order valence-corrected chi connectivity index (χ2v) is 4.56. The molecule has 0 unspecified atom stereocenters. The molecule has 0 radical (unpaired) electrons. The Morgan fingerprint density at radius 1 is 1.41 bits per heavy atom. The Balaban J connectivity index is 1.95. The van der Waals surface area contributed by atoms with E-state index in [1.807, 2.05) is 12.1 Å². The van der Waals surface area contributed by atoms with Gasteiger partial charge in [-0.1, -0.05) is 5.16 Å². The van der Waals surface area contributed by atoms with Crippen molar-refractivity contribution >= 4 is 28.6 Å². The summed E-state index contributed by atoms with van der Waals surface area (Å²) < 4.78 is 10.9. The van der Waals surface area contributed by atoms with Gasteiger partial charge >= 0.3 is 5.97 Å². The minimum absolute atomic E-state index is 0.00827. The molecule has 2 aromatic rings. The fourth-order valence-electron chi connectivity index (χ4n) is 1.20. The van der Waals surface area contributed by atoms with Gasteiger partial charge in [0.1, 0.15) is 0 Å². The van der Waals surface area contributed by atoms with Crippen molar-refractivity contribution in [1.82, 2.24) is 10.1 Å². The number of hydrogen-bond donors (Lipinski definition) is 0. The number of esters is 1. The molecule has 0 saturated carbocycles. The average Bonchev–Trinajstić information content (AvgIpc) is 2.73. The van der Waals surface area contributed by atoms with Crippen molar-refractivity contribution in [3.63, 3.8) is 0 Å². The fourth-order valence-corrected chi connectivity index (χ4v) is 1.55. The van der Waals surface area contributed by atoms with Crippen LogP contribution in [0.3, 0.4) is 0 Å². The number of benzene rings is 1. The monoisotopic (exact) mass is 344 g/mol. The molecule has 88 valence electrons. The van der Waals surface area contributed by atoms with Crippen molar-refractivity contribution < 1.29 is 14.1 Å². The lowest BCUT2D eigenvalue weighted by Gasteiger charge is -2.01. The molecule has 0 aliphatic rings. The molecule has 0 aliphatic heterocycles. The smallest absolute Gasteiger partial charge is 0.338 e. The number of carbonyl (C=O) groups is 1. The van der Waals surface area contributed by atoms with Crippen molar-refractivity contribution in [2.45, 2.75) is 13.5 Å². The quantitative estimate of drug-likeness (QED) is 0.632. The van der Waals surface area contributed by atoms with E-state index in [2.05, 4.69) is 32.7 Å². The number of rotatable bonds is 3. The molecule has 1 heterocycles. The van der Waals surface area contributed by atoms with Crippen LogP contribution >= 0.6 is 22.6 Å². The molecule has 1 aromatic carbocycles. The van der Waals surface area contributed by atoms with E-state index in [9.17, 15) is 4.79 Å². The lowest BCUT2D eigenvalue weighted by atomic mass is 10.2. The molecule has 0 N–H and O–H groups in total. The predicted molar refractivity (Wildman–Crippen MR) is 67.3 cm³/mol.